The highest BCUT2D eigenvalue weighted by Gasteiger charge is 2.25. The molecule has 0 amide bonds. The van der Waals surface area contributed by atoms with Gasteiger partial charge in [-0.05, 0) is 12.0 Å². The van der Waals surface area contributed by atoms with Crippen LogP contribution in [0.2, 0.25) is 0 Å². The van der Waals surface area contributed by atoms with Gasteiger partial charge in [-0.3, -0.25) is 9.59 Å². The van der Waals surface area contributed by atoms with E-state index in [9.17, 15) is 14.9 Å². The molecule has 0 saturated heterocycles. The van der Waals surface area contributed by atoms with Crippen molar-refractivity contribution in [2.24, 2.45) is 7.05 Å². The van der Waals surface area contributed by atoms with E-state index >= 15 is 0 Å². The molecule has 0 aliphatic carbocycles. The monoisotopic (exact) mass is 301 g/mol. The first-order valence-electron chi connectivity index (χ1n) is 6.50. The number of hydrogen-bond donors (Lipinski definition) is 0. The number of nitriles is 1. The molecular formula is C15H15N3O2S. The predicted molar refractivity (Wildman–Crippen MR) is 80.6 cm³/mol. The van der Waals surface area contributed by atoms with Crippen molar-refractivity contribution in [3.8, 4) is 6.07 Å². The third kappa shape index (κ3) is 3.09. The standard InChI is InChI=1S/C15H15N3O2S/c1-9(2)12-8-21-15(17-12)11(7-16)14(20)10-4-5-18(3)13(19)6-10/h4-6,8-9,11H,1-3H3. The van der Waals surface area contributed by atoms with Gasteiger partial charge in [-0.1, -0.05) is 13.8 Å². The van der Waals surface area contributed by atoms with E-state index < -0.39 is 5.92 Å². The molecule has 1 atom stereocenters. The van der Waals surface area contributed by atoms with Crippen molar-refractivity contribution in [3.63, 3.8) is 0 Å². The Balaban J connectivity index is 2.36. The second-order valence-electron chi connectivity index (χ2n) is 5.06. The lowest BCUT2D eigenvalue weighted by Crippen LogP contribution is -2.19. The maximum absolute atomic E-state index is 12.4. The van der Waals surface area contributed by atoms with Crippen LogP contribution >= 0.6 is 11.3 Å². The van der Waals surface area contributed by atoms with Gasteiger partial charge >= 0.3 is 0 Å². The van der Waals surface area contributed by atoms with Gasteiger partial charge < -0.3 is 4.57 Å². The third-order valence-electron chi connectivity index (χ3n) is 3.16. The number of hydrogen-bond acceptors (Lipinski definition) is 5. The first-order chi connectivity index (χ1) is 9.93. The molecule has 0 aliphatic rings. The predicted octanol–water partition coefficient (Wildman–Crippen LogP) is 2.46. The second-order valence-corrected chi connectivity index (χ2v) is 5.95. The summed E-state index contributed by atoms with van der Waals surface area (Å²) in [6.45, 7) is 4.01. The zero-order chi connectivity index (χ0) is 15.6. The fraction of sp³-hybridized carbons (Fsp3) is 0.333. The van der Waals surface area contributed by atoms with E-state index in [1.807, 2.05) is 25.3 Å². The summed E-state index contributed by atoms with van der Waals surface area (Å²) in [6.07, 6.45) is 1.52. The first-order valence-corrected chi connectivity index (χ1v) is 7.38. The highest BCUT2D eigenvalue weighted by atomic mass is 32.1. The number of carbonyl (C=O) groups is 1. The summed E-state index contributed by atoms with van der Waals surface area (Å²) < 4.78 is 1.37. The molecule has 5 nitrogen and oxygen atoms in total. The Bertz CT molecular complexity index is 768. The molecule has 0 N–H and O–H groups in total. The molecular weight excluding hydrogens is 286 g/mol. The van der Waals surface area contributed by atoms with E-state index in [1.54, 1.807) is 13.1 Å². The lowest BCUT2D eigenvalue weighted by molar-refractivity contribution is 0.0978. The fourth-order valence-electron chi connectivity index (χ4n) is 1.79. The molecule has 21 heavy (non-hydrogen) atoms. The van der Waals surface area contributed by atoms with Crippen LogP contribution in [0.25, 0.3) is 0 Å². The van der Waals surface area contributed by atoms with Gasteiger partial charge in [0.1, 0.15) is 5.01 Å². The number of aryl methyl sites for hydroxylation is 1. The zero-order valence-corrected chi connectivity index (χ0v) is 12.8. The number of aromatic nitrogens is 2. The topological polar surface area (TPSA) is 75.8 Å². The number of carbonyl (C=O) groups excluding carboxylic acids is 1. The van der Waals surface area contributed by atoms with Crippen molar-refractivity contribution >= 4 is 17.1 Å². The fourth-order valence-corrected chi connectivity index (χ4v) is 2.81. The Morgan fingerprint density at radius 2 is 2.19 bits per heavy atom. The summed E-state index contributed by atoms with van der Waals surface area (Å²) in [4.78, 5) is 28.4. The summed E-state index contributed by atoms with van der Waals surface area (Å²) >= 11 is 1.30. The van der Waals surface area contributed by atoms with Gasteiger partial charge in [0, 0.05) is 30.3 Å². The van der Waals surface area contributed by atoms with Gasteiger partial charge in [0.25, 0.3) is 5.56 Å². The third-order valence-corrected chi connectivity index (χ3v) is 4.09. The van der Waals surface area contributed by atoms with Gasteiger partial charge in [0.2, 0.25) is 0 Å². The molecule has 0 aliphatic heterocycles. The maximum atomic E-state index is 12.4. The van der Waals surface area contributed by atoms with E-state index in [2.05, 4.69) is 4.98 Å². The molecule has 108 valence electrons. The molecule has 0 aromatic carbocycles. The Kier molecular flexibility index (Phi) is 4.34. The van der Waals surface area contributed by atoms with Crippen LogP contribution in [0, 0.1) is 11.3 Å². The van der Waals surface area contributed by atoms with Crippen LogP contribution in [0.3, 0.4) is 0 Å². The van der Waals surface area contributed by atoms with E-state index in [0.717, 1.165) is 5.69 Å². The number of thiazole rings is 1. The van der Waals surface area contributed by atoms with Crippen LogP contribution in [0.4, 0.5) is 0 Å². The van der Waals surface area contributed by atoms with Gasteiger partial charge in [-0.15, -0.1) is 11.3 Å². The number of nitrogens with zero attached hydrogens (tertiary/aromatic N) is 3. The SMILES string of the molecule is CC(C)c1csc(C(C#N)C(=O)c2ccn(C)c(=O)c2)n1. The minimum atomic E-state index is -0.963. The molecule has 0 saturated carbocycles. The smallest absolute Gasteiger partial charge is 0.250 e. The zero-order valence-electron chi connectivity index (χ0n) is 12.0. The second kappa shape index (κ2) is 6.02. The summed E-state index contributed by atoms with van der Waals surface area (Å²) in [6, 6.07) is 4.79. The Hall–Kier alpha value is -2.26. The molecule has 0 spiro atoms. The van der Waals surface area contributed by atoms with Crippen molar-refractivity contribution < 1.29 is 4.79 Å². The molecule has 2 heterocycles. The molecule has 2 aromatic heterocycles. The van der Waals surface area contributed by atoms with Crippen LogP contribution in [0.1, 0.15) is 46.7 Å². The van der Waals surface area contributed by atoms with Crippen molar-refractivity contribution in [2.75, 3.05) is 0 Å². The summed E-state index contributed by atoms with van der Waals surface area (Å²) in [5.74, 6) is -1.11. The average Bonchev–Trinajstić information content (AvgIpc) is 2.92. The van der Waals surface area contributed by atoms with Gasteiger partial charge in [-0.2, -0.15) is 5.26 Å². The van der Waals surface area contributed by atoms with Crippen molar-refractivity contribution in [1.29, 1.82) is 5.26 Å². The van der Waals surface area contributed by atoms with E-state index in [4.69, 9.17) is 0 Å². The lowest BCUT2D eigenvalue weighted by Gasteiger charge is -2.06. The van der Waals surface area contributed by atoms with Gasteiger partial charge in [0.05, 0.1) is 11.8 Å². The van der Waals surface area contributed by atoms with Crippen molar-refractivity contribution in [1.82, 2.24) is 9.55 Å². The molecule has 6 heteroatoms. The Morgan fingerprint density at radius 3 is 2.71 bits per heavy atom. The van der Waals surface area contributed by atoms with Crippen LogP contribution in [0.15, 0.2) is 28.5 Å². The maximum Gasteiger partial charge on any atom is 0.250 e. The van der Waals surface area contributed by atoms with E-state index in [-0.39, 0.29) is 22.8 Å². The average molecular weight is 301 g/mol. The summed E-state index contributed by atoms with van der Waals surface area (Å²) in [5.41, 5.74) is 0.831. The molecule has 0 radical (unpaired) electrons. The van der Waals surface area contributed by atoms with E-state index in [0.29, 0.717) is 5.01 Å². The van der Waals surface area contributed by atoms with Crippen LogP contribution < -0.4 is 5.56 Å². The number of Topliss-reactive ketones (excluding diaryl/α,β-unsaturated/α-hetero) is 1. The van der Waals surface area contributed by atoms with Crippen LogP contribution in [-0.4, -0.2) is 15.3 Å². The number of rotatable bonds is 4. The summed E-state index contributed by atoms with van der Waals surface area (Å²) in [7, 11) is 1.61. The number of ketones is 1. The van der Waals surface area contributed by atoms with Gasteiger partial charge in [-0.25, -0.2) is 4.98 Å². The highest BCUT2D eigenvalue weighted by Crippen LogP contribution is 2.26. The summed E-state index contributed by atoms with van der Waals surface area (Å²) in [5, 5.41) is 11.6. The molecule has 0 bridgehead atoms. The lowest BCUT2D eigenvalue weighted by atomic mass is 10.0. The Morgan fingerprint density at radius 1 is 1.48 bits per heavy atom. The minimum Gasteiger partial charge on any atom is -0.319 e. The molecule has 0 fully saturated rings. The van der Waals surface area contributed by atoms with Crippen LogP contribution in [0.5, 0.6) is 0 Å². The molecule has 2 rings (SSSR count). The first kappa shape index (κ1) is 15.1. The normalized spacial score (nSPS) is 12.1. The highest BCUT2D eigenvalue weighted by molar-refractivity contribution is 7.10. The molecule has 2 aromatic rings. The van der Waals surface area contributed by atoms with E-state index in [1.165, 1.54) is 28.2 Å². The quantitative estimate of drug-likeness (QED) is 0.813. The van der Waals surface area contributed by atoms with Crippen molar-refractivity contribution in [3.05, 3.63) is 50.3 Å². The largest absolute Gasteiger partial charge is 0.319 e. The van der Waals surface area contributed by atoms with Gasteiger partial charge in [0.15, 0.2) is 11.7 Å². The van der Waals surface area contributed by atoms with Crippen molar-refractivity contribution in [2.45, 2.75) is 25.7 Å². The van der Waals surface area contributed by atoms with Crippen LogP contribution in [-0.2, 0) is 7.05 Å². The minimum absolute atomic E-state index is 0.242. The molecule has 1 unspecified atom stereocenters. The Labute approximate surface area is 126 Å². The number of pyridine rings is 1.